The Morgan fingerprint density at radius 1 is 1.42 bits per heavy atom. The second-order valence-corrected chi connectivity index (χ2v) is 3.84. The zero-order chi connectivity index (χ0) is 9.14. The Labute approximate surface area is 81.9 Å². The average molecular weight is 228 g/mol. The van der Waals surface area contributed by atoms with E-state index in [4.69, 9.17) is 4.74 Å². The van der Waals surface area contributed by atoms with Crippen LogP contribution < -0.4 is 4.74 Å². The van der Waals surface area contributed by atoms with Gasteiger partial charge in [0, 0.05) is 10.5 Å². The van der Waals surface area contributed by atoms with Gasteiger partial charge in [-0.3, -0.25) is 0 Å². The van der Waals surface area contributed by atoms with Gasteiger partial charge in [-0.15, -0.1) is 0 Å². The minimum absolute atomic E-state index is 0.518. The average Bonchev–Trinajstić information content (AvgIpc) is 2.03. The van der Waals surface area contributed by atoms with Crippen molar-refractivity contribution in [1.29, 1.82) is 0 Å². The van der Waals surface area contributed by atoms with E-state index in [1.165, 1.54) is 5.56 Å². The molecule has 2 heteroatoms. The molecule has 0 atom stereocenters. The SMILES string of the molecule is COc1[c]c(Br)cc(C(C)C)c1. The third-order valence-electron chi connectivity index (χ3n) is 1.72. The van der Waals surface area contributed by atoms with E-state index < -0.39 is 0 Å². The van der Waals surface area contributed by atoms with Gasteiger partial charge in [-0.2, -0.15) is 0 Å². The first-order valence-electron chi connectivity index (χ1n) is 3.90. The molecule has 1 rings (SSSR count). The minimum atomic E-state index is 0.518. The van der Waals surface area contributed by atoms with E-state index >= 15 is 0 Å². The molecule has 65 valence electrons. The predicted molar refractivity (Wildman–Crippen MR) is 53.6 cm³/mol. The molecule has 0 amide bonds. The zero-order valence-corrected chi connectivity index (χ0v) is 9.10. The van der Waals surface area contributed by atoms with E-state index in [0.29, 0.717) is 5.92 Å². The van der Waals surface area contributed by atoms with Gasteiger partial charge in [-0.25, -0.2) is 0 Å². The van der Waals surface area contributed by atoms with Crippen LogP contribution in [0.5, 0.6) is 5.75 Å². The van der Waals surface area contributed by atoms with Crippen molar-refractivity contribution in [3.8, 4) is 5.75 Å². The Morgan fingerprint density at radius 3 is 2.58 bits per heavy atom. The van der Waals surface area contributed by atoms with Crippen LogP contribution in [0.4, 0.5) is 0 Å². The molecule has 0 aliphatic carbocycles. The summed E-state index contributed by atoms with van der Waals surface area (Å²) in [6.45, 7) is 4.31. The Bertz CT molecular complexity index is 269. The van der Waals surface area contributed by atoms with Gasteiger partial charge < -0.3 is 4.74 Å². The van der Waals surface area contributed by atoms with Crippen molar-refractivity contribution in [1.82, 2.24) is 0 Å². The van der Waals surface area contributed by atoms with E-state index in [9.17, 15) is 0 Å². The van der Waals surface area contributed by atoms with E-state index in [1.807, 2.05) is 6.07 Å². The maximum atomic E-state index is 5.10. The molecular weight excluding hydrogens is 216 g/mol. The Morgan fingerprint density at radius 2 is 2.08 bits per heavy atom. The Kier molecular flexibility index (Phi) is 3.15. The van der Waals surface area contributed by atoms with E-state index in [2.05, 4.69) is 41.9 Å². The quantitative estimate of drug-likeness (QED) is 0.753. The zero-order valence-electron chi connectivity index (χ0n) is 7.52. The van der Waals surface area contributed by atoms with Crippen molar-refractivity contribution in [2.75, 3.05) is 7.11 Å². The molecule has 1 aromatic carbocycles. The summed E-state index contributed by atoms with van der Waals surface area (Å²) in [6.07, 6.45) is 0. The van der Waals surface area contributed by atoms with Gasteiger partial charge in [0.2, 0.25) is 0 Å². The summed E-state index contributed by atoms with van der Waals surface area (Å²) in [5.41, 5.74) is 1.26. The molecule has 0 heterocycles. The summed E-state index contributed by atoms with van der Waals surface area (Å²) in [5.74, 6) is 1.30. The molecule has 0 unspecified atom stereocenters. The minimum Gasteiger partial charge on any atom is -0.496 e. The lowest BCUT2D eigenvalue weighted by Gasteiger charge is -2.07. The fourth-order valence-corrected chi connectivity index (χ4v) is 1.43. The first-order chi connectivity index (χ1) is 5.63. The molecule has 0 spiro atoms. The second kappa shape index (κ2) is 3.94. The highest BCUT2D eigenvalue weighted by Crippen LogP contribution is 2.24. The largest absolute Gasteiger partial charge is 0.496 e. The molecule has 0 aliphatic rings. The smallest absolute Gasteiger partial charge is 0.128 e. The number of benzene rings is 1. The summed E-state index contributed by atoms with van der Waals surface area (Å²) in [5, 5.41) is 0. The Balaban J connectivity index is 3.06. The first-order valence-corrected chi connectivity index (χ1v) is 4.69. The topological polar surface area (TPSA) is 9.23 Å². The van der Waals surface area contributed by atoms with Crippen LogP contribution in [-0.2, 0) is 0 Å². The molecule has 0 N–H and O–H groups in total. The van der Waals surface area contributed by atoms with Crippen molar-refractivity contribution >= 4 is 15.9 Å². The van der Waals surface area contributed by atoms with Crippen LogP contribution in [0.2, 0.25) is 0 Å². The second-order valence-electron chi connectivity index (χ2n) is 2.98. The molecule has 0 aromatic heterocycles. The lowest BCUT2D eigenvalue weighted by molar-refractivity contribution is 0.413. The van der Waals surface area contributed by atoms with E-state index in [0.717, 1.165) is 10.2 Å². The van der Waals surface area contributed by atoms with Gasteiger partial charge in [0.15, 0.2) is 0 Å². The van der Waals surface area contributed by atoms with Crippen LogP contribution in [0.1, 0.15) is 25.3 Å². The molecule has 1 aromatic rings. The number of hydrogen-bond acceptors (Lipinski definition) is 1. The number of methoxy groups -OCH3 is 1. The molecule has 0 fully saturated rings. The normalized spacial score (nSPS) is 10.4. The highest BCUT2D eigenvalue weighted by molar-refractivity contribution is 9.10. The third kappa shape index (κ3) is 2.24. The summed E-state index contributed by atoms with van der Waals surface area (Å²) in [7, 11) is 1.66. The number of rotatable bonds is 2. The summed E-state index contributed by atoms with van der Waals surface area (Å²) in [6, 6.07) is 7.12. The standard InChI is InChI=1S/C10H12BrO/c1-7(2)8-4-9(11)6-10(5-8)12-3/h4-5,7H,1-3H3. The van der Waals surface area contributed by atoms with Crippen LogP contribution in [0.15, 0.2) is 16.6 Å². The fourth-order valence-electron chi connectivity index (χ4n) is 0.973. The molecule has 1 nitrogen and oxygen atoms in total. The van der Waals surface area contributed by atoms with Crippen LogP contribution in [0.3, 0.4) is 0 Å². The van der Waals surface area contributed by atoms with Crippen molar-refractivity contribution in [2.24, 2.45) is 0 Å². The van der Waals surface area contributed by atoms with Gasteiger partial charge in [-0.1, -0.05) is 29.8 Å². The van der Waals surface area contributed by atoms with Gasteiger partial charge in [0.25, 0.3) is 0 Å². The van der Waals surface area contributed by atoms with Crippen LogP contribution in [0.25, 0.3) is 0 Å². The maximum absolute atomic E-state index is 5.10. The third-order valence-corrected chi connectivity index (χ3v) is 2.15. The number of halogens is 1. The summed E-state index contributed by atoms with van der Waals surface area (Å²) in [4.78, 5) is 0. The van der Waals surface area contributed by atoms with Gasteiger partial charge in [0.1, 0.15) is 5.75 Å². The van der Waals surface area contributed by atoms with Gasteiger partial charge in [0.05, 0.1) is 7.11 Å². The molecular formula is C10H12BrO. The number of hydrogen-bond donors (Lipinski definition) is 0. The molecule has 0 saturated heterocycles. The summed E-state index contributed by atoms with van der Waals surface area (Å²) < 4.78 is 6.05. The Hall–Kier alpha value is -0.500. The van der Waals surface area contributed by atoms with Gasteiger partial charge >= 0.3 is 0 Å². The molecule has 0 saturated carbocycles. The van der Waals surface area contributed by atoms with Crippen LogP contribution in [0, 0.1) is 6.07 Å². The first kappa shape index (κ1) is 9.59. The lowest BCUT2D eigenvalue weighted by Crippen LogP contribution is -1.90. The molecule has 0 bridgehead atoms. The highest BCUT2D eigenvalue weighted by atomic mass is 79.9. The monoisotopic (exact) mass is 227 g/mol. The molecule has 0 aliphatic heterocycles. The van der Waals surface area contributed by atoms with Crippen molar-refractivity contribution in [3.63, 3.8) is 0 Å². The lowest BCUT2D eigenvalue weighted by atomic mass is 10.0. The van der Waals surface area contributed by atoms with Gasteiger partial charge in [-0.05, 0) is 23.6 Å². The van der Waals surface area contributed by atoms with E-state index in [1.54, 1.807) is 7.11 Å². The van der Waals surface area contributed by atoms with Crippen LogP contribution in [-0.4, -0.2) is 7.11 Å². The van der Waals surface area contributed by atoms with Crippen molar-refractivity contribution < 1.29 is 4.74 Å². The highest BCUT2D eigenvalue weighted by Gasteiger charge is 2.03. The molecule has 1 radical (unpaired) electrons. The fraction of sp³-hybridized carbons (Fsp3) is 0.400. The van der Waals surface area contributed by atoms with E-state index in [-0.39, 0.29) is 0 Å². The number of ether oxygens (including phenoxy) is 1. The van der Waals surface area contributed by atoms with Crippen LogP contribution >= 0.6 is 15.9 Å². The molecule has 12 heavy (non-hydrogen) atoms. The predicted octanol–water partition coefficient (Wildman–Crippen LogP) is 3.38. The van der Waals surface area contributed by atoms with Crippen molar-refractivity contribution in [2.45, 2.75) is 19.8 Å². The maximum Gasteiger partial charge on any atom is 0.128 e. The van der Waals surface area contributed by atoms with Crippen molar-refractivity contribution in [3.05, 3.63) is 28.2 Å². The summed E-state index contributed by atoms with van der Waals surface area (Å²) >= 11 is 3.39.